The summed E-state index contributed by atoms with van der Waals surface area (Å²) >= 11 is 0. The maximum Gasteiger partial charge on any atom is 0.122 e. The summed E-state index contributed by atoms with van der Waals surface area (Å²) in [5.41, 5.74) is 7.82. The van der Waals surface area contributed by atoms with Gasteiger partial charge in [-0.25, -0.2) is 0 Å². The first-order valence-corrected chi connectivity index (χ1v) is 9.76. The van der Waals surface area contributed by atoms with Crippen LogP contribution in [0.15, 0.2) is 84.9 Å². The molecular formula is C26H20N2. The van der Waals surface area contributed by atoms with Crippen LogP contribution in [0.2, 0.25) is 0 Å². The van der Waals surface area contributed by atoms with Crippen molar-refractivity contribution in [3.63, 3.8) is 0 Å². The van der Waals surface area contributed by atoms with Crippen LogP contribution in [0.3, 0.4) is 0 Å². The summed E-state index contributed by atoms with van der Waals surface area (Å²) < 4.78 is 4.83. The number of hydrogen-bond acceptors (Lipinski definition) is 0. The molecule has 1 aliphatic carbocycles. The van der Waals surface area contributed by atoms with E-state index in [1.165, 1.54) is 50.1 Å². The summed E-state index contributed by atoms with van der Waals surface area (Å²) in [6.07, 6.45) is 3.30. The third-order valence-corrected chi connectivity index (χ3v) is 5.85. The van der Waals surface area contributed by atoms with E-state index in [9.17, 15) is 0 Å². The molecule has 134 valence electrons. The molecule has 0 spiro atoms. The van der Waals surface area contributed by atoms with Gasteiger partial charge in [-0.05, 0) is 48.4 Å². The minimum Gasteiger partial charge on any atom is -0.300 e. The third kappa shape index (κ3) is 2.15. The van der Waals surface area contributed by atoms with E-state index in [0.29, 0.717) is 0 Å². The second-order valence-corrected chi connectivity index (χ2v) is 7.59. The second-order valence-electron chi connectivity index (χ2n) is 7.59. The largest absolute Gasteiger partial charge is 0.300 e. The Morgan fingerprint density at radius 1 is 0.679 bits per heavy atom. The van der Waals surface area contributed by atoms with Crippen LogP contribution < -0.4 is 0 Å². The van der Waals surface area contributed by atoms with Gasteiger partial charge in [0.1, 0.15) is 5.82 Å². The number of para-hydroxylation sites is 2. The number of aryl methyl sites for hydroxylation is 1. The Hall–Kier alpha value is -3.52. The number of fused-ring (bicyclic) bond motifs is 3. The lowest BCUT2D eigenvalue weighted by Crippen LogP contribution is -2.06. The van der Waals surface area contributed by atoms with Gasteiger partial charge in [-0.2, -0.15) is 0 Å². The first kappa shape index (κ1) is 15.5. The SMILES string of the molecule is Cc1cc2ccccc2n1-c1cc2ccccc2n1C1=Cc2ccccc2C1. The molecular weight excluding hydrogens is 340 g/mol. The number of hydrogen-bond donors (Lipinski definition) is 0. The molecule has 28 heavy (non-hydrogen) atoms. The van der Waals surface area contributed by atoms with Gasteiger partial charge in [-0.3, -0.25) is 9.13 Å². The fraction of sp³-hybridized carbons (Fsp3) is 0.0769. The van der Waals surface area contributed by atoms with E-state index in [-0.39, 0.29) is 0 Å². The maximum absolute atomic E-state index is 2.44. The average Bonchev–Trinajstić information content (AvgIpc) is 3.38. The van der Waals surface area contributed by atoms with E-state index in [2.05, 4.69) is 107 Å². The molecule has 0 atom stereocenters. The summed E-state index contributed by atoms with van der Waals surface area (Å²) in [6, 6.07) is 30.6. The van der Waals surface area contributed by atoms with Gasteiger partial charge >= 0.3 is 0 Å². The fourth-order valence-electron chi connectivity index (χ4n) is 4.61. The maximum atomic E-state index is 2.44. The minimum absolute atomic E-state index is 0.958. The van der Waals surface area contributed by atoms with Crippen molar-refractivity contribution in [1.82, 2.24) is 9.13 Å². The molecule has 0 radical (unpaired) electrons. The third-order valence-electron chi connectivity index (χ3n) is 5.85. The normalized spacial score (nSPS) is 13.2. The van der Waals surface area contributed by atoms with Crippen molar-refractivity contribution >= 4 is 33.6 Å². The van der Waals surface area contributed by atoms with Gasteiger partial charge in [0.15, 0.2) is 0 Å². The van der Waals surface area contributed by atoms with E-state index in [4.69, 9.17) is 0 Å². The molecule has 0 bridgehead atoms. The summed E-state index contributed by atoms with van der Waals surface area (Å²) in [6.45, 7) is 2.19. The van der Waals surface area contributed by atoms with Crippen molar-refractivity contribution in [3.05, 3.63) is 102 Å². The predicted molar refractivity (Wildman–Crippen MR) is 118 cm³/mol. The Labute approximate surface area is 164 Å². The predicted octanol–water partition coefficient (Wildman–Crippen LogP) is 6.45. The molecule has 0 amide bonds. The lowest BCUT2D eigenvalue weighted by molar-refractivity contribution is 0.945. The van der Waals surface area contributed by atoms with E-state index >= 15 is 0 Å². The van der Waals surface area contributed by atoms with Crippen molar-refractivity contribution in [2.45, 2.75) is 13.3 Å². The van der Waals surface area contributed by atoms with Crippen LogP contribution in [0, 0.1) is 6.92 Å². The van der Waals surface area contributed by atoms with Crippen molar-refractivity contribution in [3.8, 4) is 5.82 Å². The summed E-state index contributed by atoms with van der Waals surface area (Å²) in [5.74, 6) is 1.21. The average molecular weight is 360 g/mol. The van der Waals surface area contributed by atoms with Crippen LogP contribution >= 0.6 is 0 Å². The highest BCUT2D eigenvalue weighted by Gasteiger charge is 2.20. The van der Waals surface area contributed by atoms with E-state index in [1.54, 1.807) is 0 Å². The van der Waals surface area contributed by atoms with E-state index in [1.807, 2.05) is 0 Å². The molecule has 0 saturated heterocycles. The molecule has 5 aromatic rings. The molecule has 0 saturated carbocycles. The molecule has 3 aromatic carbocycles. The number of allylic oxidation sites excluding steroid dienone is 1. The summed E-state index contributed by atoms with van der Waals surface area (Å²) in [5, 5.41) is 2.55. The van der Waals surface area contributed by atoms with Gasteiger partial charge in [0, 0.05) is 28.6 Å². The molecule has 0 N–H and O–H groups in total. The Balaban J connectivity index is 1.67. The zero-order valence-electron chi connectivity index (χ0n) is 15.8. The highest BCUT2D eigenvalue weighted by Crippen LogP contribution is 2.36. The topological polar surface area (TPSA) is 9.86 Å². The number of rotatable bonds is 2. The monoisotopic (exact) mass is 360 g/mol. The Bertz CT molecular complexity index is 1390. The first-order chi connectivity index (χ1) is 13.8. The van der Waals surface area contributed by atoms with Gasteiger partial charge in [0.2, 0.25) is 0 Å². The van der Waals surface area contributed by atoms with Crippen LogP contribution in [0.1, 0.15) is 16.8 Å². The Morgan fingerprint density at radius 2 is 1.32 bits per heavy atom. The van der Waals surface area contributed by atoms with Crippen LogP contribution in [0.25, 0.3) is 39.4 Å². The molecule has 0 aliphatic heterocycles. The molecule has 1 aliphatic rings. The van der Waals surface area contributed by atoms with Gasteiger partial charge in [-0.15, -0.1) is 0 Å². The first-order valence-electron chi connectivity index (χ1n) is 9.76. The zero-order valence-corrected chi connectivity index (χ0v) is 15.8. The van der Waals surface area contributed by atoms with Gasteiger partial charge < -0.3 is 0 Å². The molecule has 2 aromatic heterocycles. The number of nitrogens with zero attached hydrogens (tertiary/aromatic N) is 2. The zero-order chi connectivity index (χ0) is 18.7. The van der Waals surface area contributed by atoms with Crippen molar-refractivity contribution in [2.24, 2.45) is 0 Å². The highest BCUT2D eigenvalue weighted by molar-refractivity contribution is 5.93. The Morgan fingerprint density at radius 3 is 2.11 bits per heavy atom. The molecule has 0 fully saturated rings. The second kappa shape index (κ2) is 5.74. The van der Waals surface area contributed by atoms with Crippen LogP contribution in [-0.4, -0.2) is 9.13 Å². The minimum atomic E-state index is 0.958. The van der Waals surface area contributed by atoms with E-state index in [0.717, 1.165) is 6.42 Å². The van der Waals surface area contributed by atoms with Crippen molar-refractivity contribution < 1.29 is 0 Å². The lowest BCUT2D eigenvalue weighted by Gasteiger charge is -2.15. The standard InChI is InChI=1S/C26H20N2/c1-18-14-21-10-4-6-12-24(21)27(18)26-17-22-11-5-7-13-25(22)28(26)23-15-19-8-2-3-9-20(19)16-23/h2-15,17H,16H2,1H3. The molecule has 0 unspecified atom stereocenters. The van der Waals surface area contributed by atoms with Gasteiger partial charge in [-0.1, -0.05) is 60.7 Å². The summed E-state index contributed by atoms with van der Waals surface area (Å²) in [4.78, 5) is 0. The van der Waals surface area contributed by atoms with Crippen LogP contribution in [0.5, 0.6) is 0 Å². The smallest absolute Gasteiger partial charge is 0.122 e. The van der Waals surface area contributed by atoms with E-state index < -0.39 is 0 Å². The van der Waals surface area contributed by atoms with Crippen molar-refractivity contribution in [1.29, 1.82) is 0 Å². The number of aromatic nitrogens is 2. The summed E-state index contributed by atoms with van der Waals surface area (Å²) in [7, 11) is 0. The lowest BCUT2D eigenvalue weighted by atomic mass is 10.1. The molecule has 2 nitrogen and oxygen atoms in total. The highest BCUT2D eigenvalue weighted by atomic mass is 15.2. The quantitative estimate of drug-likeness (QED) is 0.342. The Kier molecular flexibility index (Phi) is 3.18. The van der Waals surface area contributed by atoms with Crippen LogP contribution in [-0.2, 0) is 6.42 Å². The van der Waals surface area contributed by atoms with Crippen LogP contribution in [0.4, 0.5) is 0 Å². The van der Waals surface area contributed by atoms with Gasteiger partial charge in [0.25, 0.3) is 0 Å². The fourth-order valence-corrected chi connectivity index (χ4v) is 4.61. The molecule has 2 heterocycles. The molecule has 2 heteroatoms. The molecule has 6 rings (SSSR count). The number of benzene rings is 3. The van der Waals surface area contributed by atoms with Crippen molar-refractivity contribution in [2.75, 3.05) is 0 Å². The van der Waals surface area contributed by atoms with Gasteiger partial charge in [0.05, 0.1) is 11.0 Å².